The maximum atomic E-state index is 5.28. The van der Waals surface area contributed by atoms with Crippen LogP contribution in [0.2, 0.25) is 0 Å². The highest BCUT2D eigenvalue weighted by atomic mass is 16.5. The van der Waals surface area contributed by atoms with Crippen molar-refractivity contribution in [2.45, 2.75) is 33.3 Å². The van der Waals surface area contributed by atoms with Gasteiger partial charge < -0.3 is 4.74 Å². The lowest BCUT2D eigenvalue weighted by atomic mass is 9.85. The molecule has 0 fully saturated rings. The van der Waals surface area contributed by atoms with Crippen LogP contribution in [0.25, 0.3) is 0 Å². The van der Waals surface area contributed by atoms with Crippen molar-refractivity contribution in [1.29, 1.82) is 0 Å². The van der Waals surface area contributed by atoms with E-state index in [1.54, 1.807) is 7.11 Å². The van der Waals surface area contributed by atoms with Gasteiger partial charge in [-0.2, -0.15) is 0 Å². The average molecular weight is 142 g/mol. The highest BCUT2D eigenvalue weighted by Crippen LogP contribution is 2.25. The maximum Gasteiger partial charge on any atom is 0.0653 e. The highest BCUT2D eigenvalue weighted by molar-refractivity contribution is 4.93. The fourth-order valence-corrected chi connectivity index (χ4v) is 1.13. The Morgan fingerprint density at radius 3 is 2.20 bits per heavy atom. The molecule has 0 saturated heterocycles. The Hall–Kier alpha value is -0.300. The van der Waals surface area contributed by atoms with Gasteiger partial charge >= 0.3 is 0 Å². The van der Waals surface area contributed by atoms with Crippen LogP contribution in [0.3, 0.4) is 0 Å². The molecule has 0 aliphatic rings. The molecule has 0 saturated carbocycles. The van der Waals surface area contributed by atoms with E-state index in [1.807, 2.05) is 6.08 Å². The molecule has 0 aromatic carbocycles. The molecule has 0 spiro atoms. The number of rotatable bonds is 4. The van der Waals surface area contributed by atoms with Crippen LogP contribution in [0.1, 0.15) is 27.2 Å². The van der Waals surface area contributed by atoms with Gasteiger partial charge in [-0.3, -0.25) is 0 Å². The summed E-state index contributed by atoms with van der Waals surface area (Å²) in [5.41, 5.74) is 0.101. The first kappa shape index (κ1) is 9.70. The topological polar surface area (TPSA) is 9.23 Å². The van der Waals surface area contributed by atoms with Crippen molar-refractivity contribution in [2.24, 2.45) is 5.41 Å². The molecule has 0 aromatic heterocycles. The molecule has 1 unspecified atom stereocenters. The third kappa shape index (κ3) is 2.14. The second kappa shape index (κ2) is 3.77. The molecular formula is C9H18O. The predicted molar refractivity (Wildman–Crippen MR) is 45.1 cm³/mol. The molecule has 0 N–H and O–H groups in total. The van der Waals surface area contributed by atoms with Gasteiger partial charge in [-0.25, -0.2) is 0 Å². The van der Waals surface area contributed by atoms with E-state index < -0.39 is 0 Å². The van der Waals surface area contributed by atoms with Crippen LogP contribution in [-0.4, -0.2) is 13.2 Å². The van der Waals surface area contributed by atoms with E-state index in [2.05, 4.69) is 27.4 Å². The quantitative estimate of drug-likeness (QED) is 0.548. The molecule has 0 radical (unpaired) electrons. The van der Waals surface area contributed by atoms with Crippen LogP contribution < -0.4 is 0 Å². The Bertz CT molecular complexity index is 101. The number of ether oxygens (including phenoxy) is 1. The molecule has 0 heterocycles. The molecule has 1 atom stereocenters. The second-order valence-electron chi connectivity index (χ2n) is 3.16. The fourth-order valence-electron chi connectivity index (χ4n) is 1.13. The molecule has 0 aliphatic carbocycles. The van der Waals surface area contributed by atoms with E-state index in [-0.39, 0.29) is 5.41 Å². The van der Waals surface area contributed by atoms with E-state index in [1.165, 1.54) is 0 Å². The van der Waals surface area contributed by atoms with Crippen molar-refractivity contribution in [3.8, 4) is 0 Å². The summed E-state index contributed by atoms with van der Waals surface area (Å²) in [5.74, 6) is 0. The largest absolute Gasteiger partial charge is 0.381 e. The van der Waals surface area contributed by atoms with Crippen molar-refractivity contribution >= 4 is 0 Å². The molecule has 1 nitrogen and oxygen atoms in total. The van der Waals surface area contributed by atoms with Gasteiger partial charge in [0.05, 0.1) is 6.10 Å². The first-order valence-electron chi connectivity index (χ1n) is 3.74. The normalized spacial score (nSPS) is 14.8. The average Bonchev–Trinajstić information content (AvgIpc) is 1.90. The predicted octanol–water partition coefficient (Wildman–Crippen LogP) is 2.62. The maximum absolute atomic E-state index is 5.28. The molecule has 0 aromatic rings. The summed E-state index contributed by atoms with van der Waals surface area (Å²) in [7, 11) is 1.75. The molecule has 60 valence electrons. The van der Waals surface area contributed by atoms with Crippen molar-refractivity contribution in [3.63, 3.8) is 0 Å². The minimum absolute atomic E-state index is 0.101. The molecule has 0 bridgehead atoms. The molecule has 0 rings (SSSR count). The lowest BCUT2D eigenvalue weighted by Crippen LogP contribution is -2.28. The van der Waals surface area contributed by atoms with Crippen LogP contribution in [0.5, 0.6) is 0 Å². The lowest BCUT2D eigenvalue weighted by Gasteiger charge is -2.29. The molecule has 10 heavy (non-hydrogen) atoms. The lowest BCUT2D eigenvalue weighted by molar-refractivity contribution is 0.0290. The van der Waals surface area contributed by atoms with Gasteiger partial charge in [0.25, 0.3) is 0 Å². The molecular weight excluding hydrogens is 124 g/mol. The first-order valence-corrected chi connectivity index (χ1v) is 3.74. The Morgan fingerprint density at radius 1 is 1.60 bits per heavy atom. The minimum Gasteiger partial charge on any atom is -0.381 e. The molecule has 0 aliphatic heterocycles. The molecule has 1 heteroatoms. The summed E-state index contributed by atoms with van der Waals surface area (Å²) in [6, 6.07) is 0. The van der Waals surface area contributed by atoms with Gasteiger partial charge in [-0.15, -0.1) is 6.58 Å². The zero-order valence-corrected chi connectivity index (χ0v) is 7.48. The second-order valence-corrected chi connectivity index (χ2v) is 3.16. The van der Waals surface area contributed by atoms with Gasteiger partial charge in [0.1, 0.15) is 0 Å². The zero-order valence-electron chi connectivity index (χ0n) is 7.48. The van der Waals surface area contributed by atoms with Gasteiger partial charge in [0.15, 0.2) is 0 Å². The van der Waals surface area contributed by atoms with Gasteiger partial charge in [-0.05, 0) is 6.42 Å². The summed E-state index contributed by atoms with van der Waals surface area (Å²) in [5, 5.41) is 0. The Kier molecular flexibility index (Phi) is 3.66. The third-order valence-corrected chi connectivity index (χ3v) is 2.01. The van der Waals surface area contributed by atoms with E-state index in [9.17, 15) is 0 Å². The van der Waals surface area contributed by atoms with Gasteiger partial charge in [0.2, 0.25) is 0 Å². The number of methoxy groups -OCH3 is 1. The molecule has 0 amide bonds. The summed E-state index contributed by atoms with van der Waals surface area (Å²) in [6.45, 7) is 10.2. The number of hydrogen-bond donors (Lipinski definition) is 0. The van der Waals surface area contributed by atoms with Crippen LogP contribution in [0, 0.1) is 5.41 Å². The van der Waals surface area contributed by atoms with Gasteiger partial charge in [0, 0.05) is 12.5 Å². The van der Waals surface area contributed by atoms with Crippen molar-refractivity contribution < 1.29 is 4.74 Å². The smallest absolute Gasteiger partial charge is 0.0653 e. The first-order chi connectivity index (χ1) is 4.58. The zero-order chi connectivity index (χ0) is 8.20. The van der Waals surface area contributed by atoms with Gasteiger partial charge in [-0.1, -0.05) is 26.8 Å². The van der Waals surface area contributed by atoms with Crippen LogP contribution in [-0.2, 0) is 4.74 Å². The van der Waals surface area contributed by atoms with E-state index >= 15 is 0 Å². The SMILES string of the molecule is C=CC(C)(C)C(CC)OC. The monoisotopic (exact) mass is 142 g/mol. The van der Waals surface area contributed by atoms with Crippen LogP contribution in [0.15, 0.2) is 12.7 Å². The van der Waals surface area contributed by atoms with E-state index in [4.69, 9.17) is 4.74 Å². The Labute approximate surface area is 64.1 Å². The third-order valence-electron chi connectivity index (χ3n) is 2.01. The standard InChI is InChI=1S/C9H18O/c1-6-8(10-5)9(3,4)7-2/h7-8H,2,6H2,1,3-5H3. The minimum atomic E-state index is 0.101. The summed E-state index contributed by atoms with van der Waals surface area (Å²) in [6.07, 6.45) is 3.28. The van der Waals surface area contributed by atoms with Crippen molar-refractivity contribution in [3.05, 3.63) is 12.7 Å². The summed E-state index contributed by atoms with van der Waals surface area (Å²) in [4.78, 5) is 0. The summed E-state index contributed by atoms with van der Waals surface area (Å²) < 4.78 is 5.28. The Morgan fingerprint density at radius 2 is 2.10 bits per heavy atom. The van der Waals surface area contributed by atoms with E-state index in [0.717, 1.165) is 6.42 Å². The number of hydrogen-bond acceptors (Lipinski definition) is 1. The van der Waals surface area contributed by atoms with Crippen LogP contribution in [0.4, 0.5) is 0 Å². The summed E-state index contributed by atoms with van der Waals surface area (Å²) >= 11 is 0. The highest BCUT2D eigenvalue weighted by Gasteiger charge is 2.23. The van der Waals surface area contributed by atoms with E-state index in [0.29, 0.717) is 6.10 Å². The fraction of sp³-hybridized carbons (Fsp3) is 0.778. The van der Waals surface area contributed by atoms with Crippen molar-refractivity contribution in [2.75, 3.05) is 7.11 Å². The van der Waals surface area contributed by atoms with Crippen LogP contribution >= 0.6 is 0 Å². The Balaban J connectivity index is 4.10. The van der Waals surface area contributed by atoms with Crippen molar-refractivity contribution in [1.82, 2.24) is 0 Å².